The first-order valence-corrected chi connectivity index (χ1v) is 3.43. The molecule has 0 saturated carbocycles. The van der Waals surface area contributed by atoms with E-state index in [0.29, 0.717) is 5.92 Å². The van der Waals surface area contributed by atoms with Gasteiger partial charge in [-0.15, -0.1) is 0 Å². The topological polar surface area (TPSA) is 0 Å². The van der Waals surface area contributed by atoms with Crippen LogP contribution in [0.1, 0.15) is 20.8 Å². The molecule has 0 atom stereocenters. The van der Waals surface area contributed by atoms with Crippen LogP contribution in [-0.2, 0) is 21.7 Å². The minimum Gasteiger partial charge on any atom is -0.0734 e. The predicted octanol–water partition coefficient (Wildman–Crippen LogP) is 2.73. The Morgan fingerprint density at radius 2 is 1.80 bits per heavy atom. The van der Waals surface area contributed by atoms with Crippen LogP contribution in [0.4, 0.5) is 0 Å². The maximum absolute atomic E-state index is 2.24. The van der Waals surface area contributed by atoms with E-state index in [2.05, 4.69) is 39.0 Å². The van der Waals surface area contributed by atoms with Crippen LogP contribution >= 0.6 is 0 Å². The molecule has 1 aliphatic rings. The van der Waals surface area contributed by atoms with Gasteiger partial charge in [-0.1, -0.05) is 39.0 Å². The molecule has 0 amide bonds. The monoisotopic (exact) mass is 169 g/mol. The van der Waals surface area contributed by atoms with E-state index in [1.807, 2.05) is 0 Å². The SMILES string of the molecule is C[C]1C=CC(C(C)C)=C1.[Ti]. The molecule has 1 heteroatoms. The van der Waals surface area contributed by atoms with Crippen LogP contribution in [0.2, 0.25) is 0 Å². The second kappa shape index (κ2) is 4.15. The van der Waals surface area contributed by atoms with E-state index in [0.717, 1.165) is 0 Å². The third-order valence-corrected chi connectivity index (χ3v) is 1.60. The fourth-order valence-electron chi connectivity index (χ4n) is 0.946. The van der Waals surface area contributed by atoms with E-state index in [1.165, 1.54) is 11.5 Å². The van der Waals surface area contributed by atoms with Gasteiger partial charge >= 0.3 is 0 Å². The molecule has 0 N–H and O–H groups in total. The molecule has 0 saturated heterocycles. The average Bonchev–Trinajstić information content (AvgIpc) is 2.14. The summed E-state index contributed by atoms with van der Waals surface area (Å²) in [6.45, 7) is 6.56. The number of hydrogen-bond donors (Lipinski definition) is 0. The predicted molar refractivity (Wildman–Crippen MR) is 41.0 cm³/mol. The molecule has 0 aromatic heterocycles. The first-order valence-electron chi connectivity index (χ1n) is 3.43. The summed E-state index contributed by atoms with van der Waals surface area (Å²) in [5.74, 6) is 2.05. The first-order chi connectivity index (χ1) is 4.20. The van der Waals surface area contributed by atoms with Crippen LogP contribution in [0.15, 0.2) is 23.8 Å². The summed E-state index contributed by atoms with van der Waals surface area (Å²) in [5.41, 5.74) is 1.45. The molecule has 0 aliphatic heterocycles. The maximum atomic E-state index is 2.24. The van der Waals surface area contributed by atoms with Gasteiger partial charge < -0.3 is 0 Å². The van der Waals surface area contributed by atoms with Gasteiger partial charge in [-0.2, -0.15) is 0 Å². The summed E-state index contributed by atoms with van der Waals surface area (Å²) in [6, 6.07) is 0. The van der Waals surface area contributed by atoms with Gasteiger partial charge in [-0.3, -0.25) is 0 Å². The van der Waals surface area contributed by atoms with Crippen molar-refractivity contribution in [2.45, 2.75) is 20.8 Å². The van der Waals surface area contributed by atoms with E-state index < -0.39 is 0 Å². The summed E-state index contributed by atoms with van der Waals surface area (Å²) < 4.78 is 0. The molecule has 0 heterocycles. The molecule has 0 aromatic carbocycles. The third-order valence-electron chi connectivity index (χ3n) is 1.60. The smallest absolute Gasteiger partial charge is 0.0165 e. The van der Waals surface area contributed by atoms with Gasteiger partial charge in [0.2, 0.25) is 0 Å². The largest absolute Gasteiger partial charge is 0.0734 e. The Labute approximate surface area is 78.3 Å². The van der Waals surface area contributed by atoms with Crippen molar-refractivity contribution in [1.29, 1.82) is 0 Å². The Balaban J connectivity index is 0.000000810. The van der Waals surface area contributed by atoms with Gasteiger partial charge in [0.25, 0.3) is 0 Å². The minimum atomic E-state index is 0. The van der Waals surface area contributed by atoms with Crippen LogP contribution < -0.4 is 0 Å². The standard InChI is InChI=1S/C9H13.Ti/c1-7(2)9-5-4-8(3)6-9;/h4-7H,1-3H3;. The fraction of sp³-hybridized carbons (Fsp3) is 0.444. The van der Waals surface area contributed by atoms with Gasteiger partial charge in [0, 0.05) is 27.6 Å². The molecule has 1 radical (unpaired) electrons. The zero-order valence-electron chi connectivity index (χ0n) is 6.81. The van der Waals surface area contributed by atoms with Crippen molar-refractivity contribution in [2.24, 2.45) is 5.92 Å². The second-order valence-electron chi connectivity index (χ2n) is 2.88. The van der Waals surface area contributed by atoms with Gasteiger partial charge in [0.05, 0.1) is 0 Å². The first kappa shape index (κ1) is 10.2. The molecular weight excluding hydrogens is 156 g/mol. The van der Waals surface area contributed by atoms with Gasteiger partial charge in [-0.25, -0.2) is 0 Å². The van der Waals surface area contributed by atoms with Crippen molar-refractivity contribution in [3.05, 3.63) is 29.7 Å². The molecule has 10 heavy (non-hydrogen) atoms. The quantitative estimate of drug-likeness (QED) is 0.529. The Morgan fingerprint density at radius 3 is 2.00 bits per heavy atom. The minimum absolute atomic E-state index is 0. The van der Waals surface area contributed by atoms with Crippen molar-refractivity contribution >= 4 is 0 Å². The molecule has 53 valence electrons. The normalized spacial score (nSPS) is 17.4. The second-order valence-corrected chi connectivity index (χ2v) is 2.88. The molecular formula is C9H13Ti. The van der Waals surface area contributed by atoms with Crippen molar-refractivity contribution in [3.8, 4) is 0 Å². The summed E-state index contributed by atoms with van der Waals surface area (Å²) in [6.07, 6.45) is 6.60. The zero-order chi connectivity index (χ0) is 6.85. The van der Waals surface area contributed by atoms with Crippen LogP contribution in [0.5, 0.6) is 0 Å². The van der Waals surface area contributed by atoms with Gasteiger partial charge in [0.15, 0.2) is 0 Å². The van der Waals surface area contributed by atoms with Crippen LogP contribution in [0.3, 0.4) is 0 Å². The van der Waals surface area contributed by atoms with E-state index in [1.54, 1.807) is 0 Å². The molecule has 0 nitrogen and oxygen atoms in total. The number of rotatable bonds is 1. The average molecular weight is 169 g/mol. The van der Waals surface area contributed by atoms with Crippen LogP contribution in [0.25, 0.3) is 0 Å². The molecule has 1 rings (SSSR count). The fourth-order valence-corrected chi connectivity index (χ4v) is 0.946. The molecule has 0 aromatic rings. The molecule has 0 fully saturated rings. The maximum Gasteiger partial charge on any atom is 0.0165 e. The van der Waals surface area contributed by atoms with E-state index in [-0.39, 0.29) is 21.7 Å². The molecule has 0 spiro atoms. The van der Waals surface area contributed by atoms with Gasteiger partial charge in [0.1, 0.15) is 0 Å². The van der Waals surface area contributed by atoms with Crippen LogP contribution in [-0.4, -0.2) is 0 Å². The number of hydrogen-bond acceptors (Lipinski definition) is 0. The van der Waals surface area contributed by atoms with Crippen molar-refractivity contribution in [1.82, 2.24) is 0 Å². The van der Waals surface area contributed by atoms with Crippen molar-refractivity contribution in [2.75, 3.05) is 0 Å². The summed E-state index contributed by atoms with van der Waals surface area (Å²) in [5, 5.41) is 0. The Morgan fingerprint density at radius 1 is 1.20 bits per heavy atom. The third kappa shape index (κ3) is 2.44. The van der Waals surface area contributed by atoms with Crippen LogP contribution in [0, 0.1) is 11.8 Å². The Hall–Kier alpha value is 0.194. The molecule has 1 aliphatic carbocycles. The van der Waals surface area contributed by atoms with Crippen molar-refractivity contribution in [3.63, 3.8) is 0 Å². The molecule has 0 bridgehead atoms. The Kier molecular flexibility index (Phi) is 4.23. The molecule has 0 unspecified atom stereocenters. The summed E-state index contributed by atoms with van der Waals surface area (Å²) in [7, 11) is 0. The summed E-state index contributed by atoms with van der Waals surface area (Å²) >= 11 is 0. The van der Waals surface area contributed by atoms with Gasteiger partial charge in [-0.05, 0) is 11.5 Å². The van der Waals surface area contributed by atoms with Crippen molar-refractivity contribution < 1.29 is 21.7 Å². The number of allylic oxidation sites excluding steroid dienone is 4. The van der Waals surface area contributed by atoms with E-state index in [4.69, 9.17) is 0 Å². The summed E-state index contributed by atoms with van der Waals surface area (Å²) in [4.78, 5) is 0. The van der Waals surface area contributed by atoms with E-state index >= 15 is 0 Å². The zero-order valence-corrected chi connectivity index (χ0v) is 8.37. The van der Waals surface area contributed by atoms with E-state index in [9.17, 15) is 0 Å². The Bertz CT molecular complexity index is 154.